The summed E-state index contributed by atoms with van der Waals surface area (Å²) in [6.45, 7) is 0. The van der Waals surface area contributed by atoms with Gasteiger partial charge in [0.1, 0.15) is 11.6 Å². The Morgan fingerprint density at radius 1 is 0.960 bits per heavy atom. The molecular formula is C18H11F4NO2. The van der Waals surface area contributed by atoms with E-state index in [1.54, 1.807) is 0 Å². The number of hydrogen-bond donors (Lipinski definition) is 1. The molecule has 7 heteroatoms. The van der Waals surface area contributed by atoms with Crippen molar-refractivity contribution >= 4 is 11.6 Å². The van der Waals surface area contributed by atoms with E-state index in [0.717, 1.165) is 12.1 Å². The molecule has 0 atom stereocenters. The van der Waals surface area contributed by atoms with Crippen molar-refractivity contribution in [2.75, 3.05) is 5.32 Å². The van der Waals surface area contributed by atoms with E-state index >= 15 is 0 Å². The smallest absolute Gasteiger partial charge is 0.416 e. The molecule has 0 radical (unpaired) electrons. The Labute approximate surface area is 139 Å². The molecular weight excluding hydrogens is 338 g/mol. The molecule has 2 aromatic carbocycles. The predicted octanol–water partition coefficient (Wildman–Crippen LogP) is 5.36. The van der Waals surface area contributed by atoms with Crippen LogP contribution in [0.2, 0.25) is 0 Å². The van der Waals surface area contributed by atoms with Crippen LogP contribution in [0.15, 0.2) is 65.1 Å². The molecule has 1 heterocycles. The lowest BCUT2D eigenvalue weighted by atomic mass is 10.2. The first-order valence-corrected chi connectivity index (χ1v) is 7.17. The minimum absolute atomic E-state index is 0.000410. The molecule has 128 valence electrons. The Balaban J connectivity index is 1.77. The van der Waals surface area contributed by atoms with Crippen LogP contribution in [0, 0.1) is 5.82 Å². The zero-order valence-corrected chi connectivity index (χ0v) is 12.6. The van der Waals surface area contributed by atoms with E-state index in [0.29, 0.717) is 11.3 Å². The van der Waals surface area contributed by atoms with Gasteiger partial charge in [-0.05, 0) is 54.6 Å². The summed E-state index contributed by atoms with van der Waals surface area (Å²) in [5.41, 5.74) is -0.296. The lowest BCUT2D eigenvalue weighted by Crippen LogP contribution is -2.12. The van der Waals surface area contributed by atoms with Crippen molar-refractivity contribution in [3.05, 3.63) is 77.8 Å². The van der Waals surface area contributed by atoms with Gasteiger partial charge in [0, 0.05) is 11.3 Å². The van der Waals surface area contributed by atoms with Gasteiger partial charge < -0.3 is 9.73 Å². The number of anilines is 1. The van der Waals surface area contributed by atoms with Gasteiger partial charge >= 0.3 is 6.18 Å². The molecule has 25 heavy (non-hydrogen) atoms. The maximum atomic E-state index is 12.9. The Bertz CT molecular complexity index is 898. The highest BCUT2D eigenvalue weighted by atomic mass is 19.4. The number of amides is 1. The fourth-order valence-corrected chi connectivity index (χ4v) is 2.20. The number of benzene rings is 2. The number of halogens is 4. The normalized spacial score (nSPS) is 11.4. The number of nitrogens with one attached hydrogen (secondary N) is 1. The highest BCUT2D eigenvalue weighted by molar-refractivity contribution is 6.02. The summed E-state index contributed by atoms with van der Waals surface area (Å²) >= 11 is 0. The number of carbonyl (C=O) groups excluding carboxylic acids is 1. The third-order valence-corrected chi connectivity index (χ3v) is 3.41. The molecule has 3 nitrogen and oxygen atoms in total. The molecule has 0 bridgehead atoms. The molecule has 0 aliphatic carbocycles. The summed E-state index contributed by atoms with van der Waals surface area (Å²) in [5.74, 6) is -0.823. The second-order valence-corrected chi connectivity index (χ2v) is 5.20. The number of hydrogen-bond acceptors (Lipinski definition) is 2. The average Bonchev–Trinajstić information content (AvgIpc) is 3.05. The molecule has 1 amide bonds. The summed E-state index contributed by atoms with van der Waals surface area (Å²) in [6.07, 6.45) is -4.50. The lowest BCUT2D eigenvalue weighted by Gasteiger charge is -2.09. The monoisotopic (exact) mass is 349 g/mol. The van der Waals surface area contributed by atoms with Crippen LogP contribution in [0.5, 0.6) is 0 Å². The minimum Gasteiger partial charge on any atom is -0.451 e. The lowest BCUT2D eigenvalue weighted by molar-refractivity contribution is -0.137. The summed E-state index contributed by atoms with van der Waals surface area (Å²) in [6, 6.07) is 12.7. The fraction of sp³-hybridized carbons (Fsp3) is 0.0556. The van der Waals surface area contributed by atoms with Gasteiger partial charge in [-0.2, -0.15) is 13.2 Å². The molecule has 3 rings (SSSR count). The van der Waals surface area contributed by atoms with Gasteiger partial charge in [-0.3, -0.25) is 4.79 Å². The van der Waals surface area contributed by atoms with Crippen molar-refractivity contribution < 1.29 is 26.8 Å². The Morgan fingerprint density at radius 2 is 1.68 bits per heavy atom. The highest BCUT2D eigenvalue weighted by Crippen LogP contribution is 2.31. The molecule has 0 unspecified atom stereocenters. The molecule has 0 aliphatic heterocycles. The van der Waals surface area contributed by atoms with Crippen LogP contribution >= 0.6 is 0 Å². The zero-order valence-electron chi connectivity index (χ0n) is 12.6. The molecule has 1 N–H and O–H groups in total. The Hall–Kier alpha value is -3.09. The minimum atomic E-state index is -4.50. The fourth-order valence-electron chi connectivity index (χ4n) is 2.20. The molecule has 0 saturated heterocycles. The van der Waals surface area contributed by atoms with E-state index in [2.05, 4.69) is 5.32 Å². The van der Waals surface area contributed by atoms with Crippen molar-refractivity contribution in [3.63, 3.8) is 0 Å². The number of furan rings is 1. The maximum Gasteiger partial charge on any atom is 0.416 e. The molecule has 0 aliphatic rings. The maximum absolute atomic E-state index is 12.9. The standard InChI is InChI=1S/C18H11F4NO2/c19-13-6-4-11(5-7-13)15-8-9-16(25-15)17(24)23-14-3-1-2-12(10-14)18(20,21)22/h1-10H,(H,23,24). The summed E-state index contributed by atoms with van der Waals surface area (Å²) in [4.78, 5) is 12.1. The van der Waals surface area contributed by atoms with Gasteiger partial charge in [0.05, 0.1) is 5.56 Å². The quantitative estimate of drug-likeness (QED) is 0.647. The van der Waals surface area contributed by atoms with Crippen LogP contribution in [0.3, 0.4) is 0 Å². The van der Waals surface area contributed by atoms with Crippen molar-refractivity contribution in [2.24, 2.45) is 0 Å². The average molecular weight is 349 g/mol. The molecule has 1 aromatic heterocycles. The zero-order chi connectivity index (χ0) is 18.0. The van der Waals surface area contributed by atoms with Crippen molar-refractivity contribution in [1.29, 1.82) is 0 Å². The first-order valence-electron chi connectivity index (χ1n) is 7.17. The van der Waals surface area contributed by atoms with E-state index in [-0.39, 0.29) is 11.4 Å². The molecule has 0 saturated carbocycles. The van der Waals surface area contributed by atoms with Gasteiger partial charge in [-0.1, -0.05) is 6.07 Å². The highest BCUT2D eigenvalue weighted by Gasteiger charge is 2.30. The molecule has 0 fully saturated rings. The Morgan fingerprint density at radius 3 is 2.36 bits per heavy atom. The number of alkyl halides is 3. The van der Waals surface area contributed by atoms with E-state index in [4.69, 9.17) is 4.42 Å². The van der Waals surface area contributed by atoms with Gasteiger partial charge in [0.15, 0.2) is 5.76 Å². The first-order chi connectivity index (χ1) is 11.8. The van der Waals surface area contributed by atoms with Gasteiger partial charge in [0.25, 0.3) is 5.91 Å². The molecule has 0 spiro atoms. The van der Waals surface area contributed by atoms with Crippen LogP contribution in [0.4, 0.5) is 23.2 Å². The van der Waals surface area contributed by atoms with E-state index in [9.17, 15) is 22.4 Å². The molecule has 3 aromatic rings. The van der Waals surface area contributed by atoms with E-state index < -0.39 is 23.5 Å². The summed E-state index contributed by atoms with van der Waals surface area (Å²) < 4.78 is 56.4. The van der Waals surface area contributed by atoms with Crippen molar-refractivity contribution in [3.8, 4) is 11.3 Å². The van der Waals surface area contributed by atoms with Crippen molar-refractivity contribution in [2.45, 2.75) is 6.18 Å². The SMILES string of the molecule is O=C(Nc1cccc(C(F)(F)F)c1)c1ccc(-c2ccc(F)cc2)o1. The van der Waals surface area contributed by atoms with E-state index in [1.165, 1.54) is 48.5 Å². The Kier molecular flexibility index (Phi) is 4.31. The second-order valence-electron chi connectivity index (χ2n) is 5.20. The van der Waals surface area contributed by atoms with E-state index in [1.807, 2.05) is 0 Å². The van der Waals surface area contributed by atoms with Crippen LogP contribution in [-0.4, -0.2) is 5.91 Å². The van der Waals surface area contributed by atoms with Crippen LogP contribution in [0.25, 0.3) is 11.3 Å². The van der Waals surface area contributed by atoms with Crippen LogP contribution < -0.4 is 5.32 Å². The second kappa shape index (κ2) is 6.43. The van der Waals surface area contributed by atoms with Crippen LogP contribution in [0.1, 0.15) is 16.1 Å². The van der Waals surface area contributed by atoms with Gasteiger partial charge in [-0.25, -0.2) is 4.39 Å². The van der Waals surface area contributed by atoms with Gasteiger partial charge in [0.2, 0.25) is 0 Å². The topological polar surface area (TPSA) is 42.2 Å². The third kappa shape index (κ3) is 3.88. The summed E-state index contributed by atoms with van der Waals surface area (Å²) in [7, 11) is 0. The number of rotatable bonds is 3. The van der Waals surface area contributed by atoms with Gasteiger partial charge in [-0.15, -0.1) is 0 Å². The number of carbonyl (C=O) groups is 1. The third-order valence-electron chi connectivity index (χ3n) is 3.41. The first kappa shape index (κ1) is 16.8. The summed E-state index contributed by atoms with van der Waals surface area (Å²) in [5, 5.41) is 2.35. The largest absolute Gasteiger partial charge is 0.451 e. The predicted molar refractivity (Wildman–Crippen MR) is 83.5 cm³/mol. The van der Waals surface area contributed by atoms with Crippen molar-refractivity contribution in [1.82, 2.24) is 0 Å². The van der Waals surface area contributed by atoms with Crippen LogP contribution in [-0.2, 0) is 6.18 Å².